The molecule has 1 aromatic heterocycles. The lowest BCUT2D eigenvalue weighted by Crippen LogP contribution is -2.34. The van der Waals surface area contributed by atoms with Crippen LogP contribution in [0.1, 0.15) is 31.5 Å². The maximum atomic E-state index is 4.49. The van der Waals surface area contributed by atoms with E-state index in [9.17, 15) is 0 Å². The fraction of sp³-hybridized carbons (Fsp3) is 0.800. The molecule has 0 atom stereocenters. The van der Waals surface area contributed by atoms with E-state index in [1.54, 1.807) is 0 Å². The number of anilines is 1. The van der Waals surface area contributed by atoms with Gasteiger partial charge in [-0.2, -0.15) is 4.37 Å². The van der Waals surface area contributed by atoms with Crippen LogP contribution in [0.15, 0.2) is 0 Å². The quantitative estimate of drug-likeness (QED) is 0.798. The number of alkyl halides is 1. The Kier molecular flexibility index (Phi) is 3.97. The van der Waals surface area contributed by atoms with Gasteiger partial charge in [-0.3, -0.25) is 0 Å². The SMILES string of the molecule is Cc1nsc(N(CCBr)C2CCCC2)n1. The molecule has 0 spiro atoms. The lowest BCUT2D eigenvalue weighted by Gasteiger charge is -2.27. The van der Waals surface area contributed by atoms with Crippen molar-refractivity contribution < 1.29 is 0 Å². The smallest absolute Gasteiger partial charge is 0.205 e. The molecular weight excluding hydrogens is 274 g/mol. The molecule has 0 aromatic carbocycles. The molecule has 1 heterocycles. The van der Waals surface area contributed by atoms with Crippen molar-refractivity contribution in [1.29, 1.82) is 0 Å². The zero-order valence-corrected chi connectivity index (χ0v) is 11.4. The number of halogens is 1. The molecule has 1 saturated carbocycles. The van der Waals surface area contributed by atoms with Crippen molar-refractivity contribution in [1.82, 2.24) is 9.36 Å². The monoisotopic (exact) mass is 289 g/mol. The topological polar surface area (TPSA) is 29.0 Å². The zero-order valence-electron chi connectivity index (χ0n) is 8.95. The van der Waals surface area contributed by atoms with E-state index < -0.39 is 0 Å². The Labute approximate surface area is 103 Å². The van der Waals surface area contributed by atoms with Crippen molar-refractivity contribution >= 4 is 32.6 Å². The van der Waals surface area contributed by atoms with Crippen LogP contribution in [0, 0.1) is 6.92 Å². The van der Waals surface area contributed by atoms with E-state index in [1.807, 2.05) is 6.92 Å². The first kappa shape index (κ1) is 11.3. The van der Waals surface area contributed by atoms with Crippen LogP contribution in [0.3, 0.4) is 0 Å². The van der Waals surface area contributed by atoms with Crippen LogP contribution in [0.5, 0.6) is 0 Å². The molecule has 2 rings (SSSR count). The summed E-state index contributed by atoms with van der Waals surface area (Å²) in [5.41, 5.74) is 0. The second kappa shape index (κ2) is 5.25. The van der Waals surface area contributed by atoms with Crippen LogP contribution >= 0.6 is 27.5 Å². The summed E-state index contributed by atoms with van der Waals surface area (Å²) < 4.78 is 4.26. The third kappa shape index (κ3) is 2.69. The van der Waals surface area contributed by atoms with Gasteiger partial charge in [0.05, 0.1) is 0 Å². The Morgan fingerprint density at radius 2 is 2.20 bits per heavy atom. The van der Waals surface area contributed by atoms with E-state index in [2.05, 4.69) is 30.2 Å². The van der Waals surface area contributed by atoms with E-state index in [4.69, 9.17) is 0 Å². The normalized spacial score (nSPS) is 17.2. The molecule has 84 valence electrons. The standard InChI is InChI=1S/C10H16BrN3S/c1-8-12-10(15-13-8)14(7-6-11)9-4-2-3-5-9/h9H,2-7H2,1H3. The number of rotatable bonds is 4. The summed E-state index contributed by atoms with van der Waals surface area (Å²) >= 11 is 5.04. The summed E-state index contributed by atoms with van der Waals surface area (Å²) in [4.78, 5) is 6.91. The fourth-order valence-corrected chi connectivity index (χ4v) is 3.30. The van der Waals surface area contributed by atoms with Gasteiger partial charge in [-0.1, -0.05) is 28.8 Å². The number of nitrogens with zero attached hydrogens (tertiary/aromatic N) is 3. The number of aromatic nitrogens is 2. The minimum absolute atomic E-state index is 0.690. The Bertz CT molecular complexity index is 309. The van der Waals surface area contributed by atoms with Gasteiger partial charge >= 0.3 is 0 Å². The van der Waals surface area contributed by atoms with Gasteiger partial charge in [-0.15, -0.1) is 0 Å². The molecule has 0 unspecified atom stereocenters. The highest BCUT2D eigenvalue weighted by Crippen LogP contribution is 2.29. The molecule has 0 radical (unpaired) electrons. The van der Waals surface area contributed by atoms with Gasteiger partial charge < -0.3 is 4.90 Å². The van der Waals surface area contributed by atoms with Crippen LogP contribution in [0.25, 0.3) is 0 Å². The molecule has 0 amide bonds. The molecule has 1 fully saturated rings. The first-order chi connectivity index (χ1) is 7.31. The van der Waals surface area contributed by atoms with Crippen LogP contribution < -0.4 is 4.90 Å². The van der Waals surface area contributed by atoms with Crippen LogP contribution in [0.2, 0.25) is 0 Å². The van der Waals surface area contributed by atoms with Crippen LogP contribution in [-0.2, 0) is 0 Å². The Balaban J connectivity index is 2.11. The summed E-state index contributed by atoms with van der Waals surface area (Å²) in [6.07, 6.45) is 5.35. The average molecular weight is 290 g/mol. The van der Waals surface area contributed by atoms with Gasteiger partial charge in [0, 0.05) is 29.4 Å². The minimum atomic E-state index is 0.690. The van der Waals surface area contributed by atoms with E-state index in [-0.39, 0.29) is 0 Å². The van der Waals surface area contributed by atoms with E-state index in [1.165, 1.54) is 37.2 Å². The number of aryl methyl sites for hydroxylation is 1. The average Bonchev–Trinajstić information content (AvgIpc) is 2.85. The van der Waals surface area contributed by atoms with Crippen molar-refractivity contribution in [3.8, 4) is 0 Å². The van der Waals surface area contributed by atoms with Crippen LogP contribution in [0.4, 0.5) is 5.13 Å². The maximum absolute atomic E-state index is 4.49. The molecule has 5 heteroatoms. The van der Waals surface area contributed by atoms with Gasteiger partial charge in [0.25, 0.3) is 0 Å². The molecule has 0 aliphatic heterocycles. The zero-order chi connectivity index (χ0) is 10.7. The maximum Gasteiger partial charge on any atom is 0.205 e. The summed E-state index contributed by atoms with van der Waals surface area (Å²) in [5.74, 6) is 0.896. The fourth-order valence-electron chi connectivity index (χ4n) is 2.14. The number of hydrogen-bond donors (Lipinski definition) is 0. The van der Waals surface area contributed by atoms with Gasteiger partial charge in [0.1, 0.15) is 5.82 Å². The summed E-state index contributed by atoms with van der Waals surface area (Å²) in [5, 5.41) is 2.10. The Morgan fingerprint density at radius 1 is 1.47 bits per heavy atom. The minimum Gasteiger partial charge on any atom is -0.343 e. The highest BCUT2D eigenvalue weighted by molar-refractivity contribution is 9.09. The van der Waals surface area contributed by atoms with E-state index in [0.717, 1.165) is 22.8 Å². The highest BCUT2D eigenvalue weighted by Gasteiger charge is 2.24. The summed E-state index contributed by atoms with van der Waals surface area (Å²) in [7, 11) is 0. The highest BCUT2D eigenvalue weighted by atomic mass is 79.9. The Hall–Kier alpha value is -0.160. The van der Waals surface area contributed by atoms with E-state index >= 15 is 0 Å². The van der Waals surface area contributed by atoms with Crippen molar-refractivity contribution in [2.45, 2.75) is 38.6 Å². The second-order valence-electron chi connectivity index (χ2n) is 3.94. The molecular formula is C10H16BrN3S. The lowest BCUT2D eigenvalue weighted by molar-refractivity contribution is 0.621. The summed E-state index contributed by atoms with van der Waals surface area (Å²) in [6.45, 7) is 3.00. The predicted molar refractivity (Wildman–Crippen MR) is 68.0 cm³/mol. The molecule has 0 bridgehead atoms. The molecule has 1 aliphatic carbocycles. The molecule has 1 aromatic rings. The third-order valence-corrected chi connectivity index (χ3v) is 4.05. The summed E-state index contributed by atoms with van der Waals surface area (Å²) in [6, 6.07) is 0.690. The third-order valence-electron chi connectivity index (χ3n) is 2.85. The van der Waals surface area contributed by atoms with Crippen molar-refractivity contribution in [2.24, 2.45) is 0 Å². The predicted octanol–water partition coefficient (Wildman–Crippen LogP) is 2.99. The van der Waals surface area contributed by atoms with Gasteiger partial charge in [-0.05, 0) is 19.8 Å². The first-order valence-electron chi connectivity index (χ1n) is 5.44. The molecule has 1 aliphatic rings. The second-order valence-corrected chi connectivity index (χ2v) is 5.47. The van der Waals surface area contributed by atoms with E-state index in [0.29, 0.717) is 6.04 Å². The largest absolute Gasteiger partial charge is 0.343 e. The van der Waals surface area contributed by atoms with Gasteiger partial charge in [0.15, 0.2) is 0 Å². The van der Waals surface area contributed by atoms with Crippen molar-refractivity contribution in [3.05, 3.63) is 5.82 Å². The lowest BCUT2D eigenvalue weighted by atomic mass is 10.2. The van der Waals surface area contributed by atoms with Gasteiger partial charge in [-0.25, -0.2) is 4.98 Å². The molecule has 0 saturated heterocycles. The van der Waals surface area contributed by atoms with Gasteiger partial charge in [0.2, 0.25) is 5.13 Å². The van der Waals surface area contributed by atoms with Crippen molar-refractivity contribution in [3.63, 3.8) is 0 Å². The number of hydrogen-bond acceptors (Lipinski definition) is 4. The van der Waals surface area contributed by atoms with Crippen molar-refractivity contribution in [2.75, 3.05) is 16.8 Å². The molecule has 15 heavy (non-hydrogen) atoms. The van der Waals surface area contributed by atoms with Crippen LogP contribution in [-0.4, -0.2) is 27.3 Å². The molecule has 0 N–H and O–H groups in total. The first-order valence-corrected chi connectivity index (χ1v) is 7.33. The Morgan fingerprint density at radius 3 is 2.73 bits per heavy atom. The molecule has 3 nitrogen and oxygen atoms in total.